The molecule has 358 valence electrons. The Labute approximate surface area is 371 Å². The zero-order valence-electron chi connectivity index (χ0n) is 35.5. The summed E-state index contributed by atoms with van der Waals surface area (Å²) in [5.41, 5.74) is -0.00260. The quantitative estimate of drug-likeness (QED) is 0.0255. The highest BCUT2D eigenvalue weighted by molar-refractivity contribution is 7.54. The first kappa shape index (κ1) is 60.3. The highest BCUT2D eigenvalue weighted by Gasteiger charge is 2.38. The largest absolute Gasteiger partial charge is 0.469 e. The Balaban J connectivity index is 0. The number of hydrogen-bond donors (Lipinski definition) is 2. The summed E-state index contributed by atoms with van der Waals surface area (Å²) in [5, 5.41) is 0. The molecular weight excluding hydrogens is 866 g/mol. The number of methoxy groups -OCH3 is 1. The Morgan fingerprint density at radius 1 is 0.619 bits per heavy atom. The van der Waals surface area contributed by atoms with Crippen molar-refractivity contribution in [3.8, 4) is 11.5 Å². The van der Waals surface area contributed by atoms with Gasteiger partial charge in [-0.2, -0.15) is 0 Å². The summed E-state index contributed by atoms with van der Waals surface area (Å²) in [6.07, 6.45) is 3.01. The number of hydrogen-bond acceptors (Lipinski definition) is 16. The number of unbranched alkanes of at least 4 members (excludes halogenated alkanes) is 2. The third kappa shape index (κ3) is 25.2. The summed E-state index contributed by atoms with van der Waals surface area (Å²) in [4.78, 5) is 89.8. The van der Waals surface area contributed by atoms with Crippen LogP contribution in [0.1, 0.15) is 121 Å². The van der Waals surface area contributed by atoms with Crippen molar-refractivity contribution in [3.63, 3.8) is 0 Å². The number of para-hydroxylation sites is 2. The van der Waals surface area contributed by atoms with Crippen LogP contribution in [-0.4, -0.2) is 98.6 Å². The van der Waals surface area contributed by atoms with Gasteiger partial charge in [0.05, 0.1) is 64.3 Å². The molecule has 18 nitrogen and oxygen atoms in total. The molecule has 2 atom stereocenters. The summed E-state index contributed by atoms with van der Waals surface area (Å²) >= 11 is 0. The molecule has 0 aromatic heterocycles. The zero-order chi connectivity index (χ0) is 45.7. The van der Waals surface area contributed by atoms with E-state index in [2.05, 4.69) is 0 Å². The summed E-state index contributed by atoms with van der Waals surface area (Å²) in [6.45, 7) is 8.49. The van der Waals surface area contributed by atoms with E-state index in [1.54, 1.807) is 24.3 Å². The lowest BCUT2D eigenvalue weighted by molar-refractivity contribution is -0.149. The van der Waals surface area contributed by atoms with Crippen LogP contribution < -0.4 is 9.05 Å². The van der Waals surface area contributed by atoms with Crippen molar-refractivity contribution in [2.75, 3.05) is 52.5 Å². The van der Waals surface area contributed by atoms with E-state index in [1.165, 1.54) is 24.3 Å². The normalized spacial score (nSPS) is 11.6. The first-order valence-corrected chi connectivity index (χ1v) is 23.6. The van der Waals surface area contributed by atoms with E-state index < -0.39 is 69.2 Å². The molecule has 0 spiro atoms. The van der Waals surface area contributed by atoms with Crippen molar-refractivity contribution in [1.29, 1.82) is 0 Å². The van der Waals surface area contributed by atoms with Crippen molar-refractivity contribution in [2.45, 2.75) is 100 Å². The van der Waals surface area contributed by atoms with Gasteiger partial charge >= 0.3 is 45.0 Å². The number of rotatable bonds is 29. The van der Waals surface area contributed by atoms with Crippen LogP contribution in [0.5, 0.6) is 11.5 Å². The van der Waals surface area contributed by atoms with Gasteiger partial charge in [0.2, 0.25) is 0 Å². The number of carbonyl (C=O) groups excluding carboxylic acids is 6. The minimum absolute atomic E-state index is 0. The second-order valence-corrected chi connectivity index (χ2v) is 17.0. The highest BCUT2D eigenvalue weighted by atomic mass is 31.2. The molecule has 2 aromatic rings. The number of benzene rings is 2. The maximum absolute atomic E-state index is 14.4. The summed E-state index contributed by atoms with van der Waals surface area (Å²) < 4.78 is 67.1. The molecule has 2 unspecified atom stereocenters. The van der Waals surface area contributed by atoms with Crippen molar-refractivity contribution in [1.82, 2.24) is 0 Å². The Hall–Kier alpha value is -4.76. The SMILES string of the molecule is C.C.CCCCOC(=O)c1ccccc1OP(=O)(CC(CCOC=O)C(=O)OC)Oc1ccccc1C(=O)OCCCC.CCCOC(=O)CCC(CP(=O)(O)O)C(=O)OCCC. The predicted molar refractivity (Wildman–Crippen MR) is 235 cm³/mol. The first-order valence-electron chi connectivity index (χ1n) is 20.1. The Morgan fingerprint density at radius 3 is 1.54 bits per heavy atom. The molecule has 0 aliphatic heterocycles. The smallest absolute Gasteiger partial charge is 0.431 e. The second-order valence-electron chi connectivity index (χ2n) is 13.4. The number of ether oxygens (including phenoxy) is 6. The molecule has 2 N–H and O–H groups in total. The van der Waals surface area contributed by atoms with Crippen LogP contribution in [0.25, 0.3) is 0 Å². The Bertz CT molecular complexity index is 1690. The van der Waals surface area contributed by atoms with Crippen LogP contribution in [0.2, 0.25) is 0 Å². The second kappa shape index (κ2) is 33.8. The van der Waals surface area contributed by atoms with Gasteiger partial charge in [0.1, 0.15) is 22.6 Å². The summed E-state index contributed by atoms with van der Waals surface area (Å²) in [5.74, 6) is -5.57. The summed E-state index contributed by atoms with van der Waals surface area (Å²) in [6, 6.07) is 12.0. The van der Waals surface area contributed by atoms with Crippen LogP contribution in [0.3, 0.4) is 0 Å². The van der Waals surface area contributed by atoms with Gasteiger partial charge in [-0.15, -0.1) is 0 Å². The van der Waals surface area contributed by atoms with E-state index in [1.807, 2.05) is 27.7 Å². The van der Waals surface area contributed by atoms with Crippen molar-refractivity contribution in [3.05, 3.63) is 59.7 Å². The average molecular weight is 935 g/mol. The Morgan fingerprint density at radius 2 is 1.10 bits per heavy atom. The number of esters is 5. The van der Waals surface area contributed by atoms with E-state index in [9.17, 15) is 37.9 Å². The third-order valence-electron chi connectivity index (χ3n) is 8.19. The van der Waals surface area contributed by atoms with E-state index in [4.69, 9.17) is 47.3 Å². The van der Waals surface area contributed by atoms with Gasteiger partial charge in [-0.1, -0.05) is 79.7 Å². The van der Waals surface area contributed by atoms with Crippen LogP contribution in [0.4, 0.5) is 0 Å². The molecule has 0 aliphatic rings. The van der Waals surface area contributed by atoms with Crippen LogP contribution >= 0.6 is 15.2 Å². The molecule has 0 fully saturated rings. The maximum atomic E-state index is 14.4. The van der Waals surface area contributed by atoms with Gasteiger partial charge in [0.25, 0.3) is 6.47 Å². The highest BCUT2D eigenvalue weighted by Crippen LogP contribution is 2.52. The van der Waals surface area contributed by atoms with E-state index in [0.717, 1.165) is 20.0 Å². The lowest BCUT2D eigenvalue weighted by Crippen LogP contribution is -2.25. The lowest BCUT2D eigenvalue weighted by Gasteiger charge is -2.25. The minimum Gasteiger partial charge on any atom is -0.469 e. The van der Waals surface area contributed by atoms with E-state index in [0.29, 0.717) is 32.3 Å². The van der Waals surface area contributed by atoms with Crippen molar-refractivity contribution in [2.24, 2.45) is 11.8 Å². The maximum Gasteiger partial charge on any atom is 0.431 e. The predicted octanol–water partition coefficient (Wildman–Crippen LogP) is 8.34. The van der Waals surface area contributed by atoms with E-state index >= 15 is 0 Å². The van der Waals surface area contributed by atoms with Gasteiger partial charge in [0.15, 0.2) is 0 Å². The molecule has 0 radical (unpaired) electrons. The molecule has 0 aliphatic carbocycles. The third-order valence-corrected chi connectivity index (χ3v) is 10.9. The molecule has 20 heteroatoms. The van der Waals surface area contributed by atoms with Gasteiger partial charge in [-0.25, -0.2) is 14.2 Å². The molecule has 0 saturated heterocycles. The van der Waals surface area contributed by atoms with Gasteiger partial charge < -0.3 is 47.3 Å². The fourth-order valence-electron chi connectivity index (χ4n) is 5.05. The molecule has 2 aromatic carbocycles. The van der Waals surface area contributed by atoms with Crippen LogP contribution in [0, 0.1) is 11.8 Å². The molecule has 2 rings (SSSR count). The van der Waals surface area contributed by atoms with Gasteiger partial charge in [-0.05, 0) is 62.8 Å². The lowest BCUT2D eigenvalue weighted by atomic mass is 10.1. The topological polar surface area (TPSA) is 251 Å². The number of carbonyl (C=O) groups is 6. The molecular formula is C43H68O18P2. The van der Waals surface area contributed by atoms with Crippen molar-refractivity contribution >= 4 is 51.5 Å². The molecule has 0 saturated carbocycles. The molecule has 0 bridgehead atoms. The van der Waals surface area contributed by atoms with E-state index in [-0.39, 0.29) is 89.6 Å². The first-order chi connectivity index (χ1) is 29.1. The molecule has 0 heterocycles. The zero-order valence-corrected chi connectivity index (χ0v) is 37.3. The standard InChI is InChI=1S/C29H37O11P.C12H23O7P.2CH4/c1-4-6-17-37-28(32)23-12-8-10-14-25(23)39-41(34,20-22(27(31)35-3)16-19-36-21-30)40-26-15-11-9-13-24(26)29(33)38-18-7-5-2;1-3-7-18-11(13)6-5-10(9-20(15,16)17)12(14)19-8-4-2;;/h8-15,21-22H,4-7,16-20H2,1-3H3;10H,3-9H2,1-2H3,(H2,15,16,17);2*1H4. The van der Waals surface area contributed by atoms with Gasteiger partial charge in [-0.3, -0.25) is 23.7 Å². The molecule has 63 heavy (non-hydrogen) atoms. The van der Waals surface area contributed by atoms with Gasteiger partial charge in [0, 0.05) is 6.42 Å². The minimum atomic E-state index is -4.39. The van der Waals surface area contributed by atoms with Crippen LogP contribution in [0.15, 0.2) is 48.5 Å². The fourth-order valence-corrected chi connectivity index (χ4v) is 7.93. The summed E-state index contributed by atoms with van der Waals surface area (Å²) in [7, 11) is -7.58. The van der Waals surface area contributed by atoms with Crippen molar-refractivity contribution < 1.29 is 85.2 Å². The Kier molecular flexibility index (Phi) is 32.3. The fraction of sp³-hybridized carbons (Fsp3) is 0.581. The molecule has 0 amide bonds. The van der Waals surface area contributed by atoms with Crippen LogP contribution in [-0.2, 0) is 56.7 Å². The monoisotopic (exact) mass is 934 g/mol. The average Bonchev–Trinajstić information content (AvgIpc) is 3.23.